The standard InChI is InChI=1S/C20H14ClFN2O3/c1-12(25)13-2-8-17(18(22)10-13)20(26)24-15-5-9-19(23-11-15)27-16-6-3-14(21)4-7-16/h2-11H,1H3,(H,24,26). The number of pyridine rings is 1. The number of carbonyl (C=O) groups is 2. The molecule has 0 aliphatic rings. The molecule has 1 heterocycles. The SMILES string of the molecule is CC(=O)c1ccc(C(=O)Nc2ccc(Oc3ccc(Cl)cc3)nc2)c(F)c1. The van der Waals surface area contributed by atoms with Gasteiger partial charge in [0.2, 0.25) is 5.88 Å². The normalized spacial score (nSPS) is 10.3. The third-order valence-corrected chi connectivity index (χ3v) is 3.90. The van der Waals surface area contributed by atoms with Gasteiger partial charge in [-0.05, 0) is 49.4 Å². The van der Waals surface area contributed by atoms with E-state index in [1.54, 1.807) is 36.4 Å². The van der Waals surface area contributed by atoms with E-state index < -0.39 is 11.7 Å². The van der Waals surface area contributed by atoms with Gasteiger partial charge in [0.1, 0.15) is 11.6 Å². The quantitative estimate of drug-likeness (QED) is 0.620. The number of Topliss-reactive ketones (excluding diaryl/α,β-unsaturated/α-hetero) is 1. The third-order valence-electron chi connectivity index (χ3n) is 3.65. The summed E-state index contributed by atoms with van der Waals surface area (Å²) in [4.78, 5) is 27.6. The van der Waals surface area contributed by atoms with Crippen molar-refractivity contribution in [3.8, 4) is 11.6 Å². The first-order chi connectivity index (χ1) is 12.9. The Hall–Kier alpha value is -3.25. The number of aromatic nitrogens is 1. The van der Waals surface area contributed by atoms with Gasteiger partial charge in [-0.3, -0.25) is 9.59 Å². The molecule has 0 bridgehead atoms. The van der Waals surface area contributed by atoms with Gasteiger partial charge in [0.25, 0.3) is 5.91 Å². The molecule has 0 unspecified atom stereocenters. The van der Waals surface area contributed by atoms with Crippen molar-refractivity contribution >= 4 is 29.0 Å². The Morgan fingerprint density at radius 2 is 1.81 bits per heavy atom. The Labute approximate surface area is 159 Å². The zero-order chi connectivity index (χ0) is 19.4. The first-order valence-electron chi connectivity index (χ1n) is 7.94. The van der Waals surface area contributed by atoms with Gasteiger partial charge >= 0.3 is 0 Å². The molecule has 1 amide bonds. The molecule has 1 N–H and O–H groups in total. The highest BCUT2D eigenvalue weighted by Gasteiger charge is 2.14. The van der Waals surface area contributed by atoms with Gasteiger partial charge in [-0.2, -0.15) is 0 Å². The Bertz CT molecular complexity index is 989. The molecule has 136 valence electrons. The molecular formula is C20H14ClFN2O3. The fourth-order valence-corrected chi connectivity index (χ4v) is 2.38. The lowest BCUT2D eigenvalue weighted by Gasteiger charge is -2.08. The van der Waals surface area contributed by atoms with Crippen molar-refractivity contribution in [2.75, 3.05) is 5.32 Å². The predicted octanol–water partition coefficient (Wildman–Crippen LogP) is 5.12. The van der Waals surface area contributed by atoms with Crippen LogP contribution in [0, 0.1) is 5.82 Å². The first-order valence-corrected chi connectivity index (χ1v) is 8.31. The summed E-state index contributed by atoms with van der Waals surface area (Å²) in [5.74, 6) is -0.795. The van der Waals surface area contributed by atoms with Crippen molar-refractivity contribution in [3.05, 3.63) is 82.8 Å². The second-order valence-corrected chi connectivity index (χ2v) is 6.08. The summed E-state index contributed by atoms with van der Waals surface area (Å²) in [5.41, 5.74) is 0.411. The van der Waals surface area contributed by atoms with Crippen LogP contribution in [0.15, 0.2) is 60.8 Å². The van der Waals surface area contributed by atoms with E-state index in [-0.39, 0.29) is 16.9 Å². The largest absolute Gasteiger partial charge is 0.439 e. The molecule has 0 spiro atoms. The van der Waals surface area contributed by atoms with Crippen LogP contribution in [-0.2, 0) is 0 Å². The minimum absolute atomic E-state index is 0.165. The number of anilines is 1. The molecule has 0 atom stereocenters. The minimum Gasteiger partial charge on any atom is -0.439 e. The van der Waals surface area contributed by atoms with Crippen molar-refractivity contribution in [1.82, 2.24) is 4.98 Å². The summed E-state index contributed by atoms with van der Waals surface area (Å²) in [5, 5.41) is 3.14. The minimum atomic E-state index is -0.768. The number of ketones is 1. The average molecular weight is 385 g/mol. The second kappa shape index (κ2) is 7.97. The summed E-state index contributed by atoms with van der Waals surface area (Å²) in [7, 11) is 0. The van der Waals surface area contributed by atoms with E-state index in [4.69, 9.17) is 16.3 Å². The van der Waals surface area contributed by atoms with Crippen LogP contribution in [0.5, 0.6) is 11.6 Å². The van der Waals surface area contributed by atoms with Crippen LogP contribution in [0.1, 0.15) is 27.6 Å². The van der Waals surface area contributed by atoms with Gasteiger partial charge in [0, 0.05) is 16.7 Å². The van der Waals surface area contributed by atoms with Crippen LogP contribution < -0.4 is 10.1 Å². The van der Waals surface area contributed by atoms with Crippen LogP contribution in [0.25, 0.3) is 0 Å². The molecule has 0 fully saturated rings. The predicted molar refractivity (Wildman–Crippen MR) is 100 cm³/mol. The highest BCUT2D eigenvalue weighted by molar-refractivity contribution is 6.30. The van der Waals surface area contributed by atoms with E-state index in [1.807, 2.05) is 0 Å². The maximum atomic E-state index is 14.0. The van der Waals surface area contributed by atoms with Gasteiger partial charge < -0.3 is 10.1 Å². The number of rotatable bonds is 5. The molecule has 7 heteroatoms. The van der Waals surface area contributed by atoms with E-state index in [0.29, 0.717) is 22.3 Å². The Balaban J connectivity index is 1.68. The van der Waals surface area contributed by atoms with Crippen LogP contribution in [0.4, 0.5) is 10.1 Å². The van der Waals surface area contributed by atoms with Crippen LogP contribution in [0.2, 0.25) is 5.02 Å². The molecule has 0 saturated heterocycles. The summed E-state index contributed by atoms with van der Waals surface area (Å²) < 4.78 is 19.6. The summed E-state index contributed by atoms with van der Waals surface area (Å²) in [6, 6.07) is 13.7. The molecule has 0 radical (unpaired) electrons. The summed E-state index contributed by atoms with van der Waals surface area (Å²) >= 11 is 5.81. The highest BCUT2D eigenvalue weighted by atomic mass is 35.5. The fourth-order valence-electron chi connectivity index (χ4n) is 2.25. The van der Waals surface area contributed by atoms with E-state index in [9.17, 15) is 14.0 Å². The summed E-state index contributed by atoms with van der Waals surface area (Å²) in [6.07, 6.45) is 1.39. The molecular weight excluding hydrogens is 371 g/mol. The molecule has 27 heavy (non-hydrogen) atoms. The molecule has 0 saturated carbocycles. The molecule has 3 rings (SSSR count). The maximum absolute atomic E-state index is 14.0. The van der Waals surface area contributed by atoms with Gasteiger partial charge in [0.05, 0.1) is 17.4 Å². The second-order valence-electron chi connectivity index (χ2n) is 5.65. The fraction of sp³-hybridized carbons (Fsp3) is 0.0500. The van der Waals surface area contributed by atoms with Crippen LogP contribution in [0.3, 0.4) is 0 Å². The topological polar surface area (TPSA) is 68.3 Å². The lowest BCUT2D eigenvalue weighted by atomic mass is 10.1. The number of amides is 1. The van der Waals surface area contributed by atoms with Crippen LogP contribution in [-0.4, -0.2) is 16.7 Å². The van der Waals surface area contributed by atoms with Crippen molar-refractivity contribution in [2.45, 2.75) is 6.92 Å². The summed E-state index contributed by atoms with van der Waals surface area (Å²) in [6.45, 7) is 1.33. The number of carbonyl (C=O) groups excluding carboxylic acids is 2. The van der Waals surface area contributed by atoms with E-state index in [0.717, 1.165) is 6.07 Å². The number of hydrogen-bond acceptors (Lipinski definition) is 4. The highest BCUT2D eigenvalue weighted by Crippen LogP contribution is 2.22. The van der Waals surface area contributed by atoms with Crippen molar-refractivity contribution in [1.29, 1.82) is 0 Å². The lowest BCUT2D eigenvalue weighted by Crippen LogP contribution is -2.14. The lowest BCUT2D eigenvalue weighted by molar-refractivity contribution is 0.100. The van der Waals surface area contributed by atoms with Crippen LogP contribution >= 0.6 is 11.6 Å². The number of nitrogens with one attached hydrogen (secondary N) is 1. The number of benzene rings is 2. The molecule has 1 aromatic heterocycles. The van der Waals surface area contributed by atoms with Gasteiger partial charge in [-0.1, -0.05) is 17.7 Å². The average Bonchev–Trinajstić information content (AvgIpc) is 2.65. The zero-order valence-electron chi connectivity index (χ0n) is 14.2. The van der Waals surface area contributed by atoms with Gasteiger partial charge in [-0.15, -0.1) is 0 Å². The first kappa shape index (κ1) is 18.5. The molecule has 0 aliphatic heterocycles. The number of nitrogens with zero attached hydrogens (tertiary/aromatic N) is 1. The Kier molecular flexibility index (Phi) is 5.47. The molecule has 5 nitrogen and oxygen atoms in total. The zero-order valence-corrected chi connectivity index (χ0v) is 15.0. The molecule has 2 aromatic carbocycles. The van der Waals surface area contributed by atoms with Crippen molar-refractivity contribution < 1.29 is 18.7 Å². The smallest absolute Gasteiger partial charge is 0.258 e. The Morgan fingerprint density at radius 3 is 2.41 bits per heavy atom. The van der Waals surface area contributed by atoms with Gasteiger partial charge in [-0.25, -0.2) is 9.37 Å². The molecule has 0 aliphatic carbocycles. The number of hydrogen-bond donors (Lipinski definition) is 1. The number of ether oxygens (including phenoxy) is 1. The third kappa shape index (κ3) is 4.68. The maximum Gasteiger partial charge on any atom is 0.258 e. The Morgan fingerprint density at radius 1 is 1.07 bits per heavy atom. The molecule has 3 aromatic rings. The van der Waals surface area contributed by atoms with Crippen molar-refractivity contribution in [3.63, 3.8) is 0 Å². The van der Waals surface area contributed by atoms with E-state index in [1.165, 1.54) is 25.3 Å². The van der Waals surface area contributed by atoms with E-state index in [2.05, 4.69) is 10.3 Å². The monoisotopic (exact) mass is 384 g/mol. The van der Waals surface area contributed by atoms with Gasteiger partial charge in [0.15, 0.2) is 5.78 Å². The van der Waals surface area contributed by atoms with E-state index >= 15 is 0 Å². The number of halogens is 2. The van der Waals surface area contributed by atoms with Crippen molar-refractivity contribution in [2.24, 2.45) is 0 Å².